The molecule has 0 aromatic heterocycles. The minimum atomic E-state index is -4.78. The molecule has 1 aliphatic rings. The van der Waals surface area contributed by atoms with Gasteiger partial charge in [-0.2, -0.15) is 5.26 Å². The fraction of sp³-hybridized carbons (Fsp3) is 0.100. The Morgan fingerprint density at radius 1 is 0.643 bits per heavy atom. The average Bonchev–Trinajstić information content (AvgIpc) is 3.23. The summed E-state index contributed by atoms with van der Waals surface area (Å²) in [6, 6.07) is 25.4. The molecule has 4 aromatic carbocycles. The Labute approximate surface area is 263 Å². The van der Waals surface area contributed by atoms with Crippen molar-refractivity contribution in [1.82, 2.24) is 0 Å². The van der Waals surface area contributed by atoms with Crippen LogP contribution in [0.15, 0.2) is 117 Å². The van der Waals surface area contributed by atoms with Gasteiger partial charge in [-0.1, -0.05) is 94.9 Å². The van der Waals surface area contributed by atoms with Gasteiger partial charge in [0.25, 0.3) is 0 Å². The molecule has 0 fully saturated rings. The summed E-state index contributed by atoms with van der Waals surface area (Å²) in [5, 5.41) is 11.0. The van der Waals surface area contributed by atoms with Crippen LogP contribution in [-0.2, 0) is 19.7 Å². The molecule has 1 aliphatic carbocycles. The van der Waals surface area contributed by atoms with E-state index in [0.717, 1.165) is 0 Å². The molecule has 42 heavy (non-hydrogen) atoms. The van der Waals surface area contributed by atoms with Crippen molar-refractivity contribution in [1.29, 1.82) is 5.26 Å². The summed E-state index contributed by atoms with van der Waals surface area (Å²) in [7, 11) is -9.36. The van der Waals surface area contributed by atoms with Crippen LogP contribution in [0.3, 0.4) is 0 Å². The predicted octanol–water partition coefficient (Wildman–Crippen LogP) is 7.56. The van der Waals surface area contributed by atoms with Crippen LogP contribution in [0.1, 0.15) is 23.0 Å². The molecule has 5 rings (SSSR count). The number of nitriles is 1. The normalized spacial score (nSPS) is 20.8. The number of benzene rings is 4. The van der Waals surface area contributed by atoms with Crippen molar-refractivity contribution in [2.24, 2.45) is 5.73 Å². The molecule has 0 spiro atoms. The van der Waals surface area contributed by atoms with Gasteiger partial charge in [0, 0.05) is 31.9 Å². The van der Waals surface area contributed by atoms with E-state index in [9.17, 15) is 22.1 Å². The number of nitrogens with two attached hydrogens (primary N) is 1. The van der Waals surface area contributed by atoms with Gasteiger partial charge in [-0.3, -0.25) is 0 Å². The van der Waals surface area contributed by atoms with E-state index in [1.165, 1.54) is 72.8 Å². The third-order valence-electron chi connectivity index (χ3n) is 7.33. The van der Waals surface area contributed by atoms with Crippen molar-refractivity contribution in [2.75, 3.05) is 0 Å². The second-order valence-electron chi connectivity index (χ2n) is 9.48. The number of allylic oxidation sites excluding steroid dienone is 1. The lowest BCUT2D eigenvalue weighted by Gasteiger charge is -2.34. The molecule has 0 radical (unpaired) electrons. The summed E-state index contributed by atoms with van der Waals surface area (Å²) in [6.07, 6.45) is 0. The van der Waals surface area contributed by atoms with E-state index in [2.05, 4.69) is 0 Å². The van der Waals surface area contributed by atoms with Crippen LogP contribution in [0, 0.1) is 11.3 Å². The number of halogens is 4. The van der Waals surface area contributed by atoms with E-state index in [1.807, 2.05) is 6.07 Å². The quantitative estimate of drug-likeness (QED) is 0.225. The first-order valence-electron chi connectivity index (χ1n) is 12.3. The summed E-state index contributed by atoms with van der Waals surface area (Å²) in [6.45, 7) is 0. The van der Waals surface area contributed by atoms with Crippen molar-refractivity contribution < 1.29 is 16.8 Å². The lowest BCUT2D eigenvalue weighted by atomic mass is 9.78. The minimum Gasteiger partial charge on any atom is -0.399 e. The first-order chi connectivity index (χ1) is 19.9. The fourth-order valence-electron chi connectivity index (χ4n) is 5.51. The third-order valence-corrected chi connectivity index (χ3v) is 12.9. The maximum Gasteiger partial charge on any atom is 0.210 e. The van der Waals surface area contributed by atoms with Crippen molar-refractivity contribution >= 4 is 66.1 Å². The van der Waals surface area contributed by atoms with Crippen LogP contribution in [0.4, 0.5) is 0 Å². The van der Waals surface area contributed by atoms with Crippen molar-refractivity contribution in [2.45, 2.75) is 26.4 Å². The average molecular weight is 678 g/mol. The predicted molar refractivity (Wildman–Crippen MR) is 165 cm³/mol. The molecular weight excluding hydrogens is 658 g/mol. The molecule has 3 atom stereocenters. The number of hydrogen-bond donors (Lipinski definition) is 1. The zero-order chi connectivity index (χ0) is 30.4. The Bertz CT molecular complexity index is 1960. The van der Waals surface area contributed by atoms with Crippen LogP contribution >= 0.6 is 46.4 Å². The second kappa shape index (κ2) is 11.2. The maximum absolute atomic E-state index is 14.7. The Kier molecular flexibility index (Phi) is 8.14. The van der Waals surface area contributed by atoms with Gasteiger partial charge in [-0.05, 0) is 59.7 Å². The van der Waals surface area contributed by atoms with Crippen molar-refractivity contribution in [3.05, 3.63) is 139 Å². The Hall–Kier alpha value is -3.03. The van der Waals surface area contributed by atoms with Crippen LogP contribution < -0.4 is 5.73 Å². The van der Waals surface area contributed by atoms with Crippen molar-refractivity contribution in [3.63, 3.8) is 0 Å². The Morgan fingerprint density at radius 3 is 1.52 bits per heavy atom. The molecule has 214 valence electrons. The lowest BCUT2D eigenvalue weighted by Crippen LogP contribution is -2.46. The van der Waals surface area contributed by atoms with Gasteiger partial charge < -0.3 is 5.73 Å². The first kappa shape index (κ1) is 30.4. The van der Waals surface area contributed by atoms with Crippen molar-refractivity contribution in [3.8, 4) is 6.07 Å². The van der Waals surface area contributed by atoms with Gasteiger partial charge in [-0.25, -0.2) is 16.8 Å². The molecule has 6 nitrogen and oxygen atoms in total. The van der Waals surface area contributed by atoms with Crippen LogP contribution in [0.2, 0.25) is 20.1 Å². The molecule has 0 saturated heterocycles. The number of rotatable bonds is 6. The highest BCUT2D eigenvalue weighted by molar-refractivity contribution is 7.96. The van der Waals surface area contributed by atoms with E-state index < -0.39 is 46.9 Å². The van der Waals surface area contributed by atoms with Crippen LogP contribution in [0.5, 0.6) is 0 Å². The SMILES string of the molecule is N#C[C@@]1(S(=O)(=O)c2ccccc2)C(N)=C(S(=O)(=O)c2ccccc2)[C@H](c2c(Cl)cccc2Cl)[C@H]1c1c(Cl)cccc1Cl. The number of sulfone groups is 2. The Balaban J connectivity index is 2.03. The molecule has 0 heterocycles. The topological polar surface area (TPSA) is 118 Å². The highest BCUT2D eigenvalue weighted by atomic mass is 35.5. The number of hydrogen-bond acceptors (Lipinski definition) is 6. The standard InChI is InChI=1S/C30H20Cl4N2O4S2/c31-20-13-7-14-21(32)24(20)26-27(25-22(33)15-8-16-23(25)34)30(17-35,42(39,40)19-11-5-2-6-12-19)29(36)28(26)41(37,38)18-9-3-1-4-10-18/h1-16,26-27H,36H2/t26-,27-,30+/m1/s1. The van der Waals surface area contributed by atoms with Gasteiger partial charge >= 0.3 is 0 Å². The van der Waals surface area contributed by atoms with Gasteiger partial charge in [0.1, 0.15) is 0 Å². The molecule has 0 bridgehead atoms. The van der Waals surface area contributed by atoms with Gasteiger partial charge in [0.2, 0.25) is 24.4 Å². The van der Waals surface area contributed by atoms with E-state index in [-0.39, 0.29) is 41.0 Å². The highest BCUT2D eigenvalue weighted by Gasteiger charge is 2.66. The van der Waals surface area contributed by atoms with E-state index in [4.69, 9.17) is 52.1 Å². The smallest absolute Gasteiger partial charge is 0.210 e. The first-order valence-corrected chi connectivity index (χ1v) is 16.8. The van der Waals surface area contributed by atoms with Crippen LogP contribution in [-0.4, -0.2) is 21.6 Å². The zero-order valence-electron chi connectivity index (χ0n) is 21.4. The largest absolute Gasteiger partial charge is 0.399 e. The molecule has 0 saturated carbocycles. The van der Waals surface area contributed by atoms with Gasteiger partial charge in [0.05, 0.1) is 26.5 Å². The summed E-state index contributed by atoms with van der Waals surface area (Å²) in [5.74, 6) is -3.09. The summed E-state index contributed by atoms with van der Waals surface area (Å²) < 4.78 is 55.6. The summed E-state index contributed by atoms with van der Waals surface area (Å²) >= 11 is 26.7. The van der Waals surface area contributed by atoms with Gasteiger partial charge in [-0.15, -0.1) is 0 Å². The van der Waals surface area contributed by atoms with E-state index in [0.29, 0.717) is 0 Å². The zero-order valence-corrected chi connectivity index (χ0v) is 26.0. The molecule has 0 unspecified atom stereocenters. The summed E-state index contributed by atoms with van der Waals surface area (Å²) in [4.78, 5) is -0.971. The molecule has 12 heteroatoms. The second-order valence-corrected chi connectivity index (χ2v) is 15.2. The fourth-order valence-corrected chi connectivity index (χ4v) is 10.6. The van der Waals surface area contributed by atoms with Gasteiger partial charge in [0.15, 0.2) is 0 Å². The molecule has 0 amide bonds. The Morgan fingerprint density at radius 2 is 1.07 bits per heavy atom. The summed E-state index contributed by atoms with van der Waals surface area (Å²) in [5.41, 5.74) is 6.06. The highest BCUT2D eigenvalue weighted by Crippen LogP contribution is 2.63. The lowest BCUT2D eigenvalue weighted by molar-refractivity contribution is 0.528. The minimum absolute atomic E-state index is 0.00378. The molecule has 4 aromatic rings. The maximum atomic E-state index is 14.7. The third kappa shape index (κ3) is 4.51. The van der Waals surface area contributed by atoms with E-state index >= 15 is 0 Å². The molecular formula is C30H20Cl4N2O4S2. The molecule has 0 aliphatic heterocycles. The van der Waals surface area contributed by atoms with E-state index in [1.54, 1.807) is 24.3 Å². The monoisotopic (exact) mass is 676 g/mol. The van der Waals surface area contributed by atoms with Crippen LogP contribution in [0.25, 0.3) is 0 Å². The molecule has 2 N–H and O–H groups in total. The number of nitrogens with zero attached hydrogens (tertiary/aromatic N) is 1.